The minimum atomic E-state index is -5.42. The number of benzene rings is 7. The van der Waals surface area contributed by atoms with Gasteiger partial charge in [-0.25, -0.2) is 24.5 Å². The number of methoxy groups -OCH3 is 2. The van der Waals surface area contributed by atoms with E-state index in [9.17, 15) is 110 Å². The van der Waals surface area contributed by atoms with Gasteiger partial charge in [0.1, 0.15) is 38.2 Å². The minimum Gasteiger partial charge on any atom is -0.504 e. The Bertz CT molecular complexity index is 5760. The van der Waals surface area contributed by atoms with Crippen LogP contribution in [0.5, 0.6) is 34.5 Å². The molecule has 0 spiro atoms. The van der Waals surface area contributed by atoms with Gasteiger partial charge >= 0.3 is 43.1 Å². The number of pyridine rings is 3. The van der Waals surface area contributed by atoms with Gasteiger partial charge < -0.3 is 85.3 Å². The molecule has 42 heteroatoms. The molecule has 0 aliphatic heterocycles. The third-order valence-electron chi connectivity index (χ3n) is 21.0. The number of aromatic hydroxyl groups is 1. The van der Waals surface area contributed by atoms with Crippen LogP contribution < -0.4 is 40.1 Å². The van der Waals surface area contributed by atoms with Crippen molar-refractivity contribution in [2.75, 3.05) is 53.9 Å². The number of amides is 2. The normalized spacial score (nSPS) is 13.3. The summed E-state index contributed by atoms with van der Waals surface area (Å²) in [7, 11) is 2.61. The Balaban J connectivity index is 0.000000281. The maximum Gasteiger partial charge on any atom is 0.422 e. The molecule has 7 aromatic carbocycles. The fourth-order valence-corrected chi connectivity index (χ4v) is 13.4. The Morgan fingerprint density at radius 1 is 0.387 bits per heavy atom. The number of Topliss-reactive ketones (excluding diaryl/α,β-unsaturated/α-hetero) is 3. The van der Waals surface area contributed by atoms with E-state index in [1.807, 2.05) is 0 Å². The molecule has 3 unspecified atom stereocenters. The summed E-state index contributed by atoms with van der Waals surface area (Å²) in [5.74, 6) is -2.24. The Kier molecular flexibility index (Phi) is 38.0. The number of carbonyl (C=O) groups is 5. The van der Waals surface area contributed by atoms with Crippen LogP contribution in [0.3, 0.4) is 0 Å². The van der Waals surface area contributed by atoms with Crippen molar-refractivity contribution < 1.29 is 159 Å². The molecule has 3 aromatic heterocycles. The maximum absolute atomic E-state index is 14.8. The first-order valence-corrected chi connectivity index (χ1v) is 41.6. The second-order valence-electron chi connectivity index (χ2n) is 32.3. The molecule has 3 atom stereocenters. The molecule has 137 heavy (non-hydrogen) atoms. The van der Waals surface area contributed by atoms with Crippen LogP contribution in [0.25, 0.3) is 22.5 Å². The van der Waals surface area contributed by atoms with Crippen LogP contribution in [0.1, 0.15) is 167 Å². The highest BCUT2D eigenvalue weighted by Crippen LogP contribution is 2.49. The number of hydrogen-bond acceptors (Lipinski definition) is 23. The molecule has 11 N–H and O–H groups in total. The van der Waals surface area contributed by atoms with Crippen molar-refractivity contribution in [2.45, 2.75) is 158 Å². The van der Waals surface area contributed by atoms with Crippen molar-refractivity contribution in [1.82, 2.24) is 25.6 Å². The molecule has 0 radical (unpaired) electrons. The quantitative estimate of drug-likeness (QED) is 0.00982. The van der Waals surface area contributed by atoms with Gasteiger partial charge in [0.2, 0.25) is 16.8 Å². The minimum absolute atomic E-state index is 0. The van der Waals surface area contributed by atoms with Gasteiger partial charge in [-0.3, -0.25) is 14.4 Å². The predicted molar refractivity (Wildman–Crippen MR) is 471 cm³/mol. The summed E-state index contributed by atoms with van der Waals surface area (Å²) < 4.78 is 246. The SMILES string of the molecule is CC(C)(NC(=O)OCc1ccccc1)c1cc(-c2ccc(C(F)(F)F)cc2)nc(C(O)(CCC(=O)c2ccc(OCCO)c(O)c2)C(F)(F)F)c1.COc1cc(C(=O)CCC(O)(c2cc(C(C)(C)N)cc(-c3ccc(C(F)(F)F)cc3)n2)C(F)(F)F)ccc1OCCO.COc1cc(C(=O)CCC(O)(c2cc(C(C)(C)NC(=O)OCc3ccccc3)cc(Cl)n2)C(F)(F)F)ccc1OCCO.Cl. The Hall–Kier alpha value is -12.4. The number of ether oxygens (including phenoxy) is 7. The second kappa shape index (κ2) is 46.6. The van der Waals surface area contributed by atoms with Gasteiger partial charge in [0.25, 0.3) is 0 Å². The number of aliphatic hydroxyl groups excluding tert-OH is 3. The number of alkyl carbamates (subject to hydrolysis) is 2. The van der Waals surface area contributed by atoms with E-state index in [1.54, 1.807) is 60.7 Å². The van der Waals surface area contributed by atoms with Crippen molar-refractivity contribution in [3.8, 4) is 57.0 Å². The van der Waals surface area contributed by atoms with Crippen molar-refractivity contribution in [2.24, 2.45) is 5.73 Å². The molecule has 0 saturated heterocycles. The first kappa shape index (κ1) is 112. The summed E-state index contributed by atoms with van der Waals surface area (Å²) in [6, 6.07) is 42.6. The van der Waals surface area contributed by atoms with Crippen LogP contribution >= 0.6 is 24.0 Å². The van der Waals surface area contributed by atoms with E-state index in [0.717, 1.165) is 78.4 Å². The van der Waals surface area contributed by atoms with E-state index in [1.165, 1.54) is 122 Å². The standard InChI is InChI=1S/C36H34F6N2O7.C30H32ClF3N2O7.C29H30F6N2O5.ClH/c1-33(2,44-32(48)51-21-22-6-4-3-5-7-22)26-19-27(23-8-11-25(12-9-23)35(37,38)39)43-31(20-26)34(49,36(40,41)42)15-14-28(46)24-10-13-30(29(47)18-24)50-17-16-45;1-28(2,36-27(39)43-18-19-7-5-4-6-8-19)21-16-25(35-26(31)17-21)29(40,30(32,33)34)12-11-22(38)20-9-10-23(42-14-13-37)24(15-20)41-3;1-26(2,36)20-15-21(17-4-7-19(8-5-17)28(30,31)32)37-25(16-20)27(40,29(33,34)35)11-10-22(39)18-6-9-23(42-13-12-38)24(14-18)41-3;/h3-13,18-20,45,47,49H,14-17,21H2,1-2H3,(H,44,48);4-10,15-17,37,40H,11-14,18H2,1-3H3,(H,36,39);4-9,14-16,38,40H,10-13,36H2,1-3H3;1H. The Morgan fingerprint density at radius 3 is 1.02 bits per heavy atom. The molecule has 0 aliphatic rings. The van der Waals surface area contributed by atoms with Gasteiger partial charge in [0, 0.05) is 52.6 Å². The van der Waals surface area contributed by atoms with Crippen molar-refractivity contribution >= 4 is 53.5 Å². The zero-order chi connectivity index (χ0) is 101. The number of phenols is 1. The number of nitrogens with zero attached hydrogens (tertiary/aromatic N) is 3. The van der Waals surface area contributed by atoms with Gasteiger partial charge in [-0.2, -0.15) is 65.9 Å². The number of alkyl halides is 15. The number of rotatable bonds is 37. The zero-order valence-electron chi connectivity index (χ0n) is 74.4. The number of aromatic nitrogens is 3. The van der Waals surface area contributed by atoms with Gasteiger partial charge in [0.15, 0.2) is 51.8 Å². The lowest BCUT2D eigenvalue weighted by Crippen LogP contribution is -2.45. The summed E-state index contributed by atoms with van der Waals surface area (Å²) >= 11 is 6.09. The summed E-state index contributed by atoms with van der Waals surface area (Å²) in [6.07, 6.45) is -32.8. The summed E-state index contributed by atoms with van der Waals surface area (Å²) in [5, 5.41) is 75.1. The molecule has 0 bridgehead atoms. The van der Waals surface area contributed by atoms with Crippen LogP contribution in [0.15, 0.2) is 200 Å². The first-order chi connectivity index (χ1) is 63.4. The van der Waals surface area contributed by atoms with Crippen LogP contribution in [-0.4, -0.2) is 153 Å². The van der Waals surface area contributed by atoms with E-state index in [4.69, 9.17) is 65.8 Å². The number of aliphatic hydroxyl groups is 6. The number of ketones is 3. The summed E-state index contributed by atoms with van der Waals surface area (Å²) in [5.41, 5.74) is -12.4. The van der Waals surface area contributed by atoms with Crippen LogP contribution in [-0.2, 0) is 68.5 Å². The lowest BCUT2D eigenvalue weighted by molar-refractivity contribution is -0.270. The Morgan fingerprint density at radius 2 is 0.701 bits per heavy atom. The summed E-state index contributed by atoms with van der Waals surface area (Å²) in [4.78, 5) is 75.8. The highest BCUT2D eigenvalue weighted by Gasteiger charge is 2.59. The van der Waals surface area contributed by atoms with Gasteiger partial charge in [-0.05, 0) is 204 Å². The lowest BCUT2D eigenvalue weighted by Gasteiger charge is -2.33. The summed E-state index contributed by atoms with van der Waals surface area (Å²) in [6.45, 7) is 7.59. The maximum atomic E-state index is 14.8. The fourth-order valence-electron chi connectivity index (χ4n) is 13.2. The molecule has 0 saturated carbocycles. The first-order valence-electron chi connectivity index (χ1n) is 41.2. The molecule has 3 heterocycles. The van der Waals surface area contributed by atoms with Crippen LogP contribution in [0.2, 0.25) is 5.15 Å². The molecule has 25 nitrogen and oxygen atoms in total. The monoisotopic (exact) mass is 1980 g/mol. The van der Waals surface area contributed by atoms with Crippen LogP contribution in [0, 0.1) is 0 Å². The number of nitrogens with one attached hydrogen (secondary N) is 2. The average molecular weight is 1980 g/mol. The van der Waals surface area contributed by atoms with E-state index in [0.29, 0.717) is 5.56 Å². The smallest absolute Gasteiger partial charge is 0.422 e. The number of carbonyl (C=O) groups excluding carboxylic acids is 5. The van der Waals surface area contributed by atoms with Crippen molar-refractivity contribution in [3.05, 3.63) is 278 Å². The molecule has 0 aliphatic carbocycles. The number of nitrogens with two attached hydrogens (primary N) is 1. The van der Waals surface area contributed by atoms with Gasteiger partial charge in [-0.1, -0.05) is 96.5 Å². The third-order valence-corrected chi connectivity index (χ3v) is 21.2. The molecular formula is C95H97Cl2F15N6O19. The van der Waals surface area contributed by atoms with Gasteiger partial charge in [0.05, 0.1) is 84.7 Å². The lowest BCUT2D eigenvalue weighted by atomic mass is 9.86. The molecular weight excluding hydrogens is 1880 g/mol. The topological polar surface area (TPSA) is 380 Å². The van der Waals surface area contributed by atoms with E-state index in [2.05, 4.69) is 25.6 Å². The number of halogens is 17. The second-order valence-corrected chi connectivity index (χ2v) is 32.7. The largest absolute Gasteiger partial charge is 0.504 e. The van der Waals surface area contributed by atoms with E-state index < -0.39 is 166 Å². The molecule has 10 aromatic rings. The van der Waals surface area contributed by atoms with Crippen LogP contribution in [0.4, 0.5) is 75.4 Å². The van der Waals surface area contributed by atoms with E-state index >= 15 is 0 Å². The number of phenolic OH excluding ortho intramolecular Hbond substituents is 1. The van der Waals surface area contributed by atoms with Crippen molar-refractivity contribution in [3.63, 3.8) is 0 Å². The molecule has 10 rings (SSSR count). The molecule has 0 fully saturated rings. The van der Waals surface area contributed by atoms with Gasteiger partial charge in [-0.15, -0.1) is 12.4 Å². The highest BCUT2D eigenvalue weighted by molar-refractivity contribution is 6.29. The number of hydrogen-bond donors (Lipinski definition) is 10. The third kappa shape index (κ3) is 29.8. The molecule has 2 amide bonds. The van der Waals surface area contributed by atoms with E-state index in [-0.39, 0.29) is 155 Å². The average Bonchev–Trinajstić information content (AvgIpc) is 0.765. The molecule has 740 valence electrons. The Labute approximate surface area is 786 Å². The zero-order valence-corrected chi connectivity index (χ0v) is 75.9. The fraction of sp³-hybridized carbons (Fsp3) is 0.347. The van der Waals surface area contributed by atoms with Crippen molar-refractivity contribution in [1.29, 1.82) is 0 Å². The highest BCUT2D eigenvalue weighted by atomic mass is 35.5. The predicted octanol–water partition coefficient (Wildman–Crippen LogP) is 19.3.